The highest BCUT2D eigenvalue weighted by Gasteiger charge is 2.38. The molecule has 0 fully saturated rings. The molecule has 1 unspecified atom stereocenters. The number of aliphatic hydroxyl groups is 2. The van der Waals surface area contributed by atoms with E-state index in [9.17, 15) is 39.0 Å². The molecule has 0 aromatic carbocycles. The number of hydrogen-bond donors (Lipinski definition) is 2. The smallest absolute Gasteiger partial charge is 0.357 e. The molecule has 0 saturated carbocycles. The fraction of sp³-hybridized carbons (Fsp3) is 0.739. The molecule has 0 aliphatic carbocycles. The maximum absolute atomic E-state index is 13.6. The van der Waals surface area contributed by atoms with Crippen molar-refractivity contribution in [3.05, 3.63) is 53.0 Å². The SMILES string of the molecule is CC[C@H](C)C(N=[N+]=[N-])C(=O)N(COC(=O)CC(C)C)[C@H](C[C@@H](O)c1nc(C(=O)OC)cs1)C(C)C.CC[C@H](C)[C@H](N=[N+]=[N-])C(=O)N(COC(=O)CC(C)C)[C@H](C[C@@H](O)c1nc(C(C)=O)cs1)C(C)C. The van der Waals surface area contributed by atoms with E-state index < -0.39 is 66.1 Å². The van der Waals surface area contributed by atoms with E-state index in [1.165, 1.54) is 40.6 Å². The summed E-state index contributed by atoms with van der Waals surface area (Å²) in [5, 5.41) is 33.0. The highest BCUT2D eigenvalue weighted by atomic mass is 32.1. The summed E-state index contributed by atoms with van der Waals surface area (Å²) in [5.41, 5.74) is 18.5. The maximum atomic E-state index is 13.6. The van der Waals surface area contributed by atoms with Crippen molar-refractivity contribution >= 4 is 58.2 Å². The summed E-state index contributed by atoms with van der Waals surface area (Å²) in [7, 11) is 1.24. The van der Waals surface area contributed by atoms with Crippen LogP contribution in [0.4, 0.5) is 0 Å². The number of aromatic nitrogens is 2. The number of amides is 2. The minimum Gasteiger partial charge on any atom is -0.464 e. The van der Waals surface area contributed by atoms with Gasteiger partial charge in [0.25, 0.3) is 0 Å². The van der Waals surface area contributed by atoms with Gasteiger partial charge in [0.1, 0.15) is 40.0 Å². The second-order valence-corrected chi connectivity index (χ2v) is 20.3. The molecule has 0 bridgehead atoms. The van der Waals surface area contributed by atoms with Crippen molar-refractivity contribution in [3.8, 4) is 0 Å². The molecule has 0 saturated heterocycles. The van der Waals surface area contributed by atoms with Gasteiger partial charge in [0.05, 0.1) is 7.11 Å². The maximum Gasteiger partial charge on any atom is 0.357 e. The number of rotatable bonds is 28. The van der Waals surface area contributed by atoms with E-state index in [0.29, 0.717) is 22.9 Å². The molecule has 2 rings (SSSR count). The zero-order valence-electron chi connectivity index (χ0n) is 42.6. The minimum atomic E-state index is -1.09. The van der Waals surface area contributed by atoms with Gasteiger partial charge < -0.3 is 34.2 Å². The predicted molar refractivity (Wildman–Crippen MR) is 261 cm³/mol. The summed E-state index contributed by atoms with van der Waals surface area (Å²) >= 11 is 2.28. The van der Waals surface area contributed by atoms with Crippen LogP contribution < -0.4 is 0 Å². The van der Waals surface area contributed by atoms with Crippen LogP contribution >= 0.6 is 22.7 Å². The average Bonchev–Trinajstić information content (AvgIpc) is 4.00. The Labute approximate surface area is 413 Å². The lowest BCUT2D eigenvalue weighted by Crippen LogP contribution is -2.50. The number of nitrogens with zero attached hydrogens (tertiary/aromatic N) is 10. The highest BCUT2D eigenvalue weighted by molar-refractivity contribution is 7.10. The second-order valence-electron chi connectivity index (χ2n) is 18.5. The van der Waals surface area contributed by atoms with Crippen LogP contribution in [0.25, 0.3) is 20.9 Å². The fourth-order valence-corrected chi connectivity index (χ4v) is 8.48. The molecule has 69 heavy (non-hydrogen) atoms. The van der Waals surface area contributed by atoms with Crippen molar-refractivity contribution in [1.29, 1.82) is 0 Å². The third-order valence-corrected chi connectivity index (χ3v) is 13.2. The molecule has 0 radical (unpaired) electrons. The molecule has 2 amide bonds. The van der Waals surface area contributed by atoms with E-state index in [0.717, 1.165) is 11.3 Å². The summed E-state index contributed by atoms with van der Waals surface area (Å²) in [6, 6.07) is -3.07. The van der Waals surface area contributed by atoms with Crippen molar-refractivity contribution < 1.29 is 53.2 Å². The van der Waals surface area contributed by atoms with Gasteiger partial charge in [0, 0.05) is 65.3 Å². The fourth-order valence-electron chi connectivity index (χ4n) is 6.84. The molecule has 0 aliphatic rings. The summed E-state index contributed by atoms with van der Waals surface area (Å²) in [6.07, 6.45) is -0.337. The lowest BCUT2D eigenvalue weighted by atomic mass is 9.93. The molecule has 2 aromatic rings. The molecule has 23 heteroatoms. The van der Waals surface area contributed by atoms with Crippen LogP contribution in [-0.4, -0.2) is 110 Å². The third-order valence-electron chi connectivity index (χ3n) is 11.3. The third kappa shape index (κ3) is 20.4. The molecule has 2 aromatic heterocycles. The number of aliphatic hydroxyl groups excluding tert-OH is 2. The van der Waals surface area contributed by atoms with E-state index in [-0.39, 0.29) is 91.8 Å². The lowest BCUT2D eigenvalue weighted by Gasteiger charge is -2.37. The van der Waals surface area contributed by atoms with Crippen LogP contribution in [0.1, 0.15) is 172 Å². The molecule has 2 heterocycles. The number of carbonyl (C=O) groups is 6. The van der Waals surface area contributed by atoms with Gasteiger partial charge in [0.2, 0.25) is 11.8 Å². The molecular weight excluding hydrogens is 933 g/mol. The Morgan fingerprint density at radius 3 is 1.32 bits per heavy atom. The quantitative estimate of drug-likeness (QED) is 0.0153. The van der Waals surface area contributed by atoms with Gasteiger partial charge in [-0.05, 0) is 46.6 Å². The Hall–Kier alpha value is -5.18. The monoisotopic (exact) mass is 1010 g/mol. The number of carbonyl (C=O) groups excluding carboxylic acids is 6. The average molecular weight is 1010 g/mol. The predicted octanol–water partition coefficient (Wildman–Crippen LogP) is 9.37. The first kappa shape index (κ1) is 61.8. The first-order valence-electron chi connectivity index (χ1n) is 23.3. The molecule has 2 N–H and O–H groups in total. The largest absolute Gasteiger partial charge is 0.464 e. The Kier molecular flexibility index (Phi) is 27.9. The number of ether oxygens (including phenoxy) is 3. The lowest BCUT2D eigenvalue weighted by molar-refractivity contribution is -0.160. The topological polar surface area (TPSA) is 300 Å². The van der Waals surface area contributed by atoms with Gasteiger partial charge in [-0.1, -0.05) is 106 Å². The number of methoxy groups -OCH3 is 1. The second kappa shape index (κ2) is 31.1. The molecular formula is C46H74N10O11S2. The number of Topliss-reactive ketones (excluding diaryl/α,β-unsaturated/α-hetero) is 1. The van der Waals surface area contributed by atoms with Crippen molar-refractivity contribution in [2.45, 2.75) is 165 Å². The normalized spacial score (nSPS) is 14.7. The summed E-state index contributed by atoms with van der Waals surface area (Å²) in [4.78, 5) is 91.8. The van der Waals surface area contributed by atoms with Crippen LogP contribution in [0.2, 0.25) is 0 Å². The zero-order valence-corrected chi connectivity index (χ0v) is 44.2. The molecule has 0 spiro atoms. The Bertz CT molecular complexity index is 2070. The van der Waals surface area contributed by atoms with Crippen LogP contribution in [0.15, 0.2) is 21.0 Å². The Morgan fingerprint density at radius 2 is 1.03 bits per heavy atom. The minimum absolute atomic E-state index is 0.0722. The van der Waals surface area contributed by atoms with Crippen molar-refractivity contribution in [2.75, 3.05) is 20.6 Å². The van der Waals surface area contributed by atoms with Crippen LogP contribution in [0.5, 0.6) is 0 Å². The van der Waals surface area contributed by atoms with E-state index in [1.54, 1.807) is 5.38 Å². The molecule has 386 valence electrons. The van der Waals surface area contributed by atoms with E-state index >= 15 is 0 Å². The van der Waals surface area contributed by atoms with Gasteiger partial charge in [-0.15, -0.1) is 22.7 Å². The number of ketones is 1. The molecule has 8 atom stereocenters. The Balaban J connectivity index is 0.000000690. The number of azide groups is 2. The highest BCUT2D eigenvalue weighted by Crippen LogP contribution is 2.31. The van der Waals surface area contributed by atoms with Crippen LogP contribution in [0, 0.1) is 35.5 Å². The Morgan fingerprint density at radius 1 is 0.667 bits per heavy atom. The van der Waals surface area contributed by atoms with Gasteiger partial charge >= 0.3 is 17.9 Å². The summed E-state index contributed by atoms with van der Waals surface area (Å²) in [5.74, 6) is -3.21. The van der Waals surface area contributed by atoms with Gasteiger partial charge in [-0.3, -0.25) is 24.0 Å². The van der Waals surface area contributed by atoms with Crippen LogP contribution in [-0.2, 0) is 33.4 Å². The van der Waals surface area contributed by atoms with Crippen molar-refractivity contribution in [1.82, 2.24) is 19.8 Å². The van der Waals surface area contributed by atoms with E-state index in [1.807, 2.05) is 83.1 Å². The van der Waals surface area contributed by atoms with Gasteiger partial charge in [-0.25, -0.2) is 14.8 Å². The van der Waals surface area contributed by atoms with E-state index in [4.69, 9.17) is 20.5 Å². The van der Waals surface area contributed by atoms with Crippen LogP contribution in [0.3, 0.4) is 0 Å². The number of hydrogen-bond acceptors (Lipinski definition) is 17. The van der Waals surface area contributed by atoms with Crippen molar-refractivity contribution in [2.24, 2.45) is 45.7 Å². The molecule has 21 nitrogen and oxygen atoms in total. The van der Waals surface area contributed by atoms with E-state index in [2.05, 4.69) is 34.8 Å². The summed E-state index contributed by atoms with van der Waals surface area (Å²) < 4.78 is 15.5. The van der Waals surface area contributed by atoms with Gasteiger partial charge in [0.15, 0.2) is 24.9 Å². The molecule has 0 aliphatic heterocycles. The standard InChI is InChI=1S/C23H37N5O6S.C23H37N5O5S/c1-8-15(6)20(26-27-24)22(31)28(12-34-19(30)9-13(2)3)17(14(4)5)10-18(29)21-25-16(11-35-21)23(32)33-7;1-8-15(6)21(26-27-24)23(32)28(12-33-20(31)9-13(2)3)18(14(4)5)10-19(30)22-25-17(11-34-22)16(7)29/h11,13-15,17-18,20,29H,8-10,12H2,1-7H3;11,13-15,18-19,21,30H,8-10,12H2,1-7H3/t15-,17+,18+,20?;15-,18+,19+,21-/m00/s1. The first-order valence-corrected chi connectivity index (χ1v) is 25.0. The first-order chi connectivity index (χ1) is 32.4. The van der Waals surface area contributed by atoms with Gasteiger partial charge in [-0.2, -0.15) is 0 Å². The summed E-state index contributed by atoms with van der Waals surface area (Å²) in [6.45, 7) is 23.2. The number of thiazole rings is 2. The number of esters is 3. The zero-order chi connectivity index (χ0) is 52.7. The van der Waals surface area contributed by atoms with Crippen molar-refractivity contribution in [3.63, 3.8) is 0 Å².